The number of likely N-dealkylation sites (tertiary alicyclic amines) is 1. The van der Waals surface area contributed by atoms with Crippen LogP contribution in [0.15, 0.2) is 24.3 Å². The molecule has 1 aliphatic heterocycles. The van der Waals surface area contributed by atoms with Gasteiger partial charge in [0.15, 0.2) is 5.78 Å². The quantitative estimate of drug-likeness (QED) is 0.783. The molecule has 1 heterocycles. The van der Waals surface area contributed by atoms with Gasteiger partial charge in [-0.05, 0) is 38.7 Å². The first kappa shape index (κ1) is 17.5. The lowest BCUT2D eigenvalue weighted by Gasteiger charge is -2.24. The molecule has 0 saturated carbocycles. The van der Waals surface area contributed by atoms with Crippen molar-refractivity contribution in [1.82, 2.24) is 4.90 Å². The molecule has 4 nitrogen and oxygen atoms in total. The van der Waals surface area contributed by atoms with Crippen LogP contribution in [0.2, 0.25) is 0 Å². The molecule has 4 heteroatoms. The second-order valence-corrected chi connectivity index (χ2v) is 7.55. The lowest BCUT2D eigenvalue weighted by atomic mass is 9.94. The maximum Gasteiger partial charge on any atom is 0.410 e. The molecule has 1 aromatic carbocycles. The van der Waals surface area contributed by atoms with Gasteiger partial charge in [-0.3, -0.25) is 4.79 Å². The standard InChI is InChI=1S/C19H27NO3/c1-13(2)14-6-8-15(9-7-14)17(21)16-10-11-20(12-16)18(22)23-19(3,4)5/h6-9,13,16H,10-12H2,1-5H3. The van der Waals surface area contributed by atoms with Gasteiger partial charge in [0.1, 0.15) is 5.60 Å². The Morgan fingerprint density at radius 2 is 1.78 bits per heavy atom. The highest BCUT2D eigenvalue weighted by Crippen LogP contribution is 2.24. The average molecular weight is 317 g/mol. The molecule has 126 valence electrons. The zero-order chi connectivity index (χ0) is 17.2. The number of hydrogen-bond donors (Lipinski definition) is 0. The number of carbonyl (C=O) groups excluding carboxylic acids is 2. The van der Waals surface area contributed by atoms with Gasteiger partial charge in [-0.1, -0.05) is 38.1 Å². The van der Waals surface area contributed by atoms with Crippen molar-refractivity contribution in [3.05, 3.63) is 35.4 Å². The zero-order valence-electron chi connectivity index (χ0n) is 14.8. The van der Waals surface area contributed by atoms with Crippen LogP contribution in [0.4, 0.5) is 4.79 Å². The van der Waals surface area contributed by atoms with E-state index in [9.17, 15) is 9.59 Å². The minimum absolute atomic E-state index is 0.117. The number of amides is 1. The largest absolute Gasteiger partial charge is 0.444 e. The Labute approximate surface area is 138 Å². The summed E-state index contributed by atoms with van der Waals surface area (Å²) in [5.41, 5.74) is 1.44. The van der Waals surface area contributed by atoms with Crippen LogP contribution in [-0.4, -0.2) is 35.5 Å². The predicted molar refractivity (Wildman–Crippen MR) is 90.8 cm³/mol. The summed E-state index contributed by atoms with van der Waals surface area (Å²) in [7, 11) is 0. The van der Waals surface area contributed by atoms with E-state index >= 15 is 0 Å². The number of ether oxygens (including phenoxy) is 1. The Bertz CT molecular complexity index is 569. The fourth-order valence-corrected chi connectivity index (χ4v) is 2.73. The Balaban J connectivity index is 1.98. The molecule has 1 amide bonds. The van der Waals surface area contributed by atoms with Crippen molar-refractivity contribution < 1.29 is 14.3 Å². The van der Waals surface area contributed by atoms with Gasteiger partial charge in [-0.15, -0.1) is 0 Å². The Kier molecular flexibility index (Phi) is 5.12. The van der Waals surface area contributed by atoms with Crippen LogP contribution in [-0.2, 0) is 4.74 Å². The van der Waals surface area contributed by atoms with Crippen LogP contribution in [0, 0.1) is 5.92 Å². The van der Waals surface area contributed by atoms with Crippen LogP contribution >= 0.6 is 0 Å². The van der Waals surface area contributed by atoms with E-state index in [1.54, 1.807) is 4.90 Å². The molecular weight excluding hydrogens is 290 g/mol. The highest BCUT2D eigenvalue weighted by molar-refractivity contribution is 5.98. The van der Waals surface area contributed by atoms with E-state index < -0.39 is 5.60 Å². The molecule has 0 spiro atoms. The minimum Gasteiger partial charge on any atom is -0.444 e. The maximum atomic E-state index is 12.6. The van der Waals surface area contributed by atoms with Crippen molar-refractivity contribution in [3.63, 3.8) is 0 Å². The molecule has 0 N–H and O–H groups in total. The van der Waals surface area contributed by atoms with E-state index in [0.29, 0.717) is 25.4 Å². The van der Waals surface area contributed by atoms with E-state index in [-0.39, 0.29) is 17.8 Å². The first-order valence-corrected chi connectivity index (χ1v) is 8.29. The van der Waals surface area contributed by atoms with Gasteiger partial charge in [0.2, 0.25) is 0 Å². The SMILES string of the molecule is CC(C)c1ccc(C(=O)C2CCN(C(=O)OC(C)(C)C)C2)cc1. The van der Waals surface area contributed by atoms with Crippen molar-refractivity contribution in [2.45, 2.75) is 52.6 Å². The van der Waals surface area contributed by atoms with Crippen LogP contribution in [0.3, 0.4) is 0 Å². The molecule has 23 heavy (non-hydrogen) atoms. The molecule has 1 aliphatic rings. The number of benzene rings is 1. The molecule has 1 aromatic rings. The smallest absolute Gasteiger partial charge is 0.410 e. The van der Waals surface area contributed by atoms with Crippen LogP contribution in [0.25, 0.3) is 0 Å². The first-order valence-electron chi connectivity index (χ1n) is 8.29. The highest BCUT2D eigenvalue weighted by atomic mass is 16.6. The number of Topliss-reactive ketones (excluding diaryl/α,β-unsaturated/α-hetero) is 1. The molecule has 1 unspecified atom stereocenters. The lowest BCUT2D eigenvalue weighted by molar-refractivity contribution is 0.0289. The topological polar surface area (TPSA) is 46.6 Å². The van der Waals surface area contributed by atoms with Crippen LogP contribution in [0.5, 0.6) is 0 Å². The van der Waals surface area contributed by atoms with Crippen molar-refractivity contribution >= 4 is 11.9 Å². The maximum absolute atomic E-state index is 12.6. The molecule has 1 atom stereocenters. The van der Waals surface area contributed by atoms with E-state index in [0.717, 1.165) is 5.56 Å². The third-order valence-corrected chi connectivity index (χ3v) is 4.07. The first-order chi connectivity index (χ1) is 10.7. The molecule has 1 fully saturated rings. The molecule has 0 radical (unpaired) electrons. The summed E-state index contributed by atoms with van der Waals surface area (Å²) in [4.78, 5) is 26.3. The van der Waals surface area contributed by atoms with Crippen molar-refractivity contribution in [2.24, 2.45) is 5.92 Å². The Morgan fingerprint density at radius 1 is 1.17 bits per heavy atom. The summed E-state index contributed by atoms with van der Waals surface area (Å²) < 4.78 is 5.37. The fourth-order valence-electron chi connectivity index (χ4n) is 2.73. The summed E-state index contributed by atoms with van der Waals surface area (Å²) in [5.74, 6) is 0.437. The van der Waals surface area contributed by atoms with Crippen molar-refractivity contribution in [2.75, 3.05) is 13.1 Å². The second-order valence-electron chi connectivity index (χ2n) is 7.55. The van der Waals surface area contributed by atoms with Gasteiger partial charge in [-0.2, -0.15) is 0 Å². The number of rotatable bonds is 3. The normalized spacial score (nSPS) is 18.3. The number of nitrogens with zero attached hydrogens (tertiary/aromatic N) is 1. The van der Waals surface area contributed by atoms with Crippen molar-refractivity contribution in [1.29, 1.82) is 0 Å². The highest BCUT2D eigenvalue weighted by Gasteiger charge is 2.33. The summed E-state index contributed by atoms with van der Waals surface area (Å²) in [6, 6.07) is 7.82. The van der Waals surface area contributed by atoms with E-state index in [1.807, 2.05) is 45.0 Å². The molecule has 0 bridgehead atoms. The van der Waals surface area contributed by atoms with E-state index in [1.165, 1.54) is 5.56 Å². The van der Waals surface area contributed by atoms with Crippen molar-refractivity contribution in [3.8, 4) is 0 Å². The van der Waals surface area contributed by atoms with Gasteiger partial charge in [0, 0.05) is 24.6 Å². The van der Waals surface area contributed by atoms with E-state index in [4.69, 9.17) is 4.74 Å². The third kappa shape index (κ3) is 4.57. The minimum atomic E-state index is -0.508. The predicted octanol–water partition coefficient (Wildman–Crippen LogP) is 4.25. The number of ketones is 1. The summed E-state index contributed by atoms with van der Waals surface area (Å²) in [6.45, 7) is 10.8. The average Bonchev–Trinajstić information content (AvgIpc) is 2.94. The van der Waals surface area contributed by atoms with Crippen LogP contribution < -0.4 is 0 Å². The number of hydrogen-bond acceptors (Lipinski definition) is 3. The van der Waals surface area contributed by atoms with Gasteiger partial charge in [0.05, 0.1) is 0 Å². The molecular formula is C19H27NO3. The second kappa shape index (κ2) is 6.73. The van der Waals surface area contributed by atoms with Gasteiger partial charge >= 0.3 is 6.09 Å². The van der Waals surface area contributed by atoms with Gasteiger partial charge in [0.25, 0.3) is 0 Å². The number of carbonyl (C=O) groups is 2. The zero-order valence-corrected chi connectivity index (χ0v) is 14.8. The van der Waals surface area contributed by atoms with Gasteiger partial charge in [-0.25, -0.2) is 4.79 Å². The van der Waals surface area contributed by atoms with Gasteiger partial charge < -0.3 is 9.64 Å². The summed E-state index contributed by atoms with van der Waals surface area (Å²) in [5, 5.41) is 0. The fraction of sp³-hybridized carbons (Fsp3) is 0.579. The lowest BCUT2D eigenvalue weighted by Crippen LogP contribution is -2.35. The molecule has 0 aliphatic carbocycles. The third-order valence-electron chi connectivity index (χ3n) is 4.07. The van der Waals surface area contributed by atoms with Crippen LogP contribution in [0.1, 0.15) is 62.9 Å². The summed E-state index contributed by atoms with van der Waals surface area (Å²) >= 11 is 0. The molecule has 0 aromatic heterocycles. The Hall–Kier alpha value is -1.84. The Morgan fingerprint density at radius 3 is 2.30 bits per heavy atom. The summed E-state index contributed by atoms with van der Waals surface area (Å²) in [6.07, 6.45) is 0.368. The molecule has 1 saturated heterocycles. The van der Waals surface area contributed by atoms with E-state index in [2.05, 4.69) is 13.8 Å². The monoisotopic (exact) mass is 317 g/mol. The molecule has 2 rings (SSSR count).